The third kappa shape index (κ3) is 6.93. The standard InChI is InChI=1S/C15H25N3O2S.2ClH/c1-11-13(14(19)17-8-7-16-9-10-20-2)21-15(18-11)12-5-3-4-6-12;;/h12,16H,3-10H2,1-2H3,(H,17,19);2*1H. The quantitative estimate of drug-likeness (QED) is 0.677. The van der Waals surface area contributed by atoms with Crippen LogP contribution in [0.2, 0.25) is 0 Å². The number of ether oxygens (including phenoxy) is 1. The fourth-order valence-corrected chi connectivity index (χ4v) is 3.77. The van der Waals surface area contributed by atoms with Crippen LogP contribution < -0.4 is 10.6 Å². The molecule has 134 valence electrons. The zero-order valence-corrected chi connectivity index (χ0v) is 16.2. The van der Waals surface area contributed by atoms with E-state index >= 15 is 0 Å². The van der Waals surface area contributed by atoms with Gasteiger partial charge in [-0.2, -0.15) is 0 Å². The molecule has 1 aliphatic carbocycles. The lowest BCUT2D eigenvalue weighted by Gasteiger charge is -2.05. The number of amides is 1. The first-order valence-corrected chi connectivity index (χ1v) is 8.49. The van der Waals surface area contributed by atoms with Crippen LogP contribution >= 0.6 is 36.2 Å². The second-order valence-corrected chi connectivity index (χ2v) is 6.48. The average molecular weight is 384 g/mol. The normalized spacial score (nSPS) is 14.2. The lowest BCUT2D eigenvalue weighted by atomic mass is 10.1. The molecule has 23 heavy (non-hydrogen) atoms. The van der Waals surface area contributed by atoms with E-state index in [0.717, 1.165) is 28.7 Å². The summed E-state index contributed by atoms with van der Waals surface area (Å²) in [6.45, 7) is 4.80. The fourth-order valence-electron chi connectivity index (χ4n) is 2.62. The van der Waals surface area contributed by atoms with Crippen LogP contribution in [0.1, 0.15) is 52.0 Å². The van der Waals surface area contributed by atoms with E-state index in [0.29, 0.717) is 19.1 Å². The summed E-state index contributed by atoms with van der Waals surface area (Å²) in [5, 5.41) is 7.30. The largest absolute Gasteiger partial charge is 0.383 e. The first-order valence-electron chi connectivity index (χ1n) is 7.67. The average Bonchev–Trinajstić information content (AvgIpc) is 3.11. The van der Waals surface area contributed by atoms with Crippen LogP contribution in [0.25, 0.3) is 0 Å². The summed E-state index contributed by atoms with van der Waals surface area (Å²) in [6, 6.07) is 0. The van der Waals surface area contributed by atoms with Crippen LogP contribution in [0, 0.1) is 6.92 Å². The molecule has 8 heteroatoms. The third-order valence-electron chi connectivity index (χ3n) is 3.79. The number of methoxy groups -OCH3 is 1. The molecule has 1 fully saturated rings. The number of carbonyl (C=O) groups excluding carboxylic acids is 1. The second kappa shape index (κ2) is 12.0. The van der Waals surface area contributed by atoms with Crippen molar-refractivity contribution in [3.8, 4) is 0 Å². The first-order chi connectivity index (χ1) is 10.2. The maximum atomic E-state index is 12.2. The van der Waals surface area contributed by atoms with Crippen molar-refractivity contribution in [2.75, 3.05) is 33.4 Å². The highest BCUT2D eigenvalue weighted by molar-refractivity contribution is 7.13. The number of nitrogens with one attached hydrogen (secondary N) is 2. The van der Waals surface area contributed by atoms with E-state index in [9.17, 15) is 4.79 Å². The zero-order chi connectivity index (χ0) is 15.1. The molecule has 1 aromatic rings. The van der Waals surface area contributed by atoms with Crippen molar-refractivity contribution in [2.24, 2.45) is 0 Å². The van der Waals surface area contributed by atoms with Crippen LogP contribution in [0.5, 0.6) is 0 Å². The van der Waals surface area contributed by atoms with Gasteiger partial charge in [0.1, 0.15) is 4.88 Å². The number of hydrogen-bond donors (Lipinski definition) is 2. The van der Waals surface area contributed by atoms with Gasteiger partial charge in [-0.05, 0) is 19.8 Å². The molecule has 1 amide bonds. The topological polar surface area (TPSA) is 63.2 Å². The van der Waals surface area contributed by atoms with E-state index in [1.807, 2.05) is 6.92 Å². The summed E-state index contributed by atoms with van der Waals surface area (Å²) in [5.74, 6) is 0.578. The maximum absolute atomic E-state index is 12.2. The predicted octanol–water partition coefficient (Wildman–Crippen LogP) is 2.92. The monoisotopic (exact) mass is 383 g/mol. The van der Waals surface area contributed by atoms with Gasteiger partial charge in [0.25, 0.3) is 5.91 Å². The first kappa shape index (κ1) is 22.6. The summed E-state index contributed by atoms with van der Waals surface area (Å²) >= 11 is 1.57. The minimum absolute atomic E-state index is 0. The van der Waals surface area contributed by atoms with Crippen molar-refractivity contribution in [1.82, 2.24) is 15.6 Å². The SMILES string of the molecule is COCCNCCNC(=O)c1sc(C2CCCC2)nc1C.Cl.Cl. The van der Waals surface area contributed by atoms with E-state index in [4.69, 9.17) is 4.74 Å². The summed E-state index contributed by atoms with van der Waals surface area (Å²) in [5.41, 5.74) is 0.867. The summed E-state index contributed by atoms with van der Waals surface area (Å²) in [6.07, 6.45) is 5.02. The minimum Gasteiger partial charge on any atom is -0.383 e. The van der Waals surface area contributed by atoms with Crippen molar-refractivity contribution in [1.29, 1.82) is 0 Å². The number of thiazole rings is 1. The molecule has 0 saturated heterocycles. The summed E-state index contributed by atoms with van der Waals surface area (Å²) < 4.78 is 4.95. The number of nitrogens with zero attached hydrogens (tertiary/aromatic N) is 1. The molecule has 1 heterocycles. The molecule has 0 unspecified atom stereocenters. The number of aryl methyl sites for hydroxylation is 1. The van der Waals surface area contributed by atoms with E-state index in [2.05, 4.69) is 15.6 Å². The molecule has 2 rings (SSSR count). The van der Waals surface area contributed by atoms with Gasteiger partial charge >= 0.3 is 0 Å². The van der Waals surface area contributed by atoms with Gasteiger partial charge in [-0.15, -0.1) is 36.2 Å². The van der Waals surface area contributed by atoms with Crippen molar-refractivity contribution in [3.63, 3.8) is 0 Å². The third-order valence-corrected chi connectivity index (χ3v) is 5.11. The molecular formula is C15H27Cl2N3O2S. The second-order valence-electron chi connectivity index (χ2n) is 5.45. The van der Waals surface area contributed by atoms with Crippen LogP contribution in [0.3, 0.4) is 0 Å². The Kier molecular flexibility index (Phi) is 11.8. The molecule has 0 bridgehead atoms. The maximum Gasteiger partial charge on any atom is 0.263 e. The van der Waals surface area contributed by atoms with Gasteiger partial charge in [0.2, 0.25) is 0 Å². The molecule has 1 aromatic heterocycles. The number of carbonyl (C=O) groups is 1. The fraction of sp³-hybridized carbons (Fsp3) is 0.733. The Morgan fingerprint density at radius 2 is 1.96 bits per heavy atom. The van der Waals surface area contributed by atoms with Crippen molar-refractivity contribution < 1.29 is 9.53 Å². The van der Waals surface area contributed by atoms with Gasteiger partial charge < -0.3 is 15.4 Å². The zero-order valence-electron chi connectivity index (χ0n) is 13.7. The smallest absolute Gasteiger partial charge is 0.263 e. The van der Waals surface area contributed by atoms with Gasteiger partial charge in [-0.25, -0.2) is 4.98 Å². The molecule has 0 radical (unpaired) electrons. The van der Waals surface area contributed by atoms with Gasteiger partial charge in [0, 0.05) is 32.7 Å². The van der Waals surface area contributed by atoms with Crippen LogP contribution in [0.4, 0.5) is 0 Å². The van der Waals surface area contributed by atoms with E-state index in [1.54, 1.807) is 18.4 Å². The Labute approximate surface area is 154 Å². The summed E-state index contributed by atoms with van der Waals surface area (Å²) in [7, 11) is 1.68. The summed E-state index contributed by atoms with van der Waals surface area (Å²) in [4.78, 5) is 17.6. The number of hydrogen-bond acceptors (Lipinski definition) is 5. The van der Waals surface area contributed by atoms with Gasteiger partial charge in [0.05, 0.1) is 17.3 Å². The highest BCUT2D eigenvalue weighted by Gasteiger charge is 2.23. The number of rotatable bonds is 8. The van der Waals surface area contributed by atoms with Gasteiger partial charge in [0.15, 0.2) is 0 Å². The molecule has 5 nitrogen and oxygen atoms in total. The molecule has 1 saturated carbocycles. The molecule has 2 N–H and O–H groups in total. The van der Waals surface area contributed by atoms with Crippen LogP contribution in [-0.4, -0.2) is 44.2 Å². The van der Waals surface area contributed by atoms with Crippen LogP contribution in [0.15, 0.2) is 0 Å². The Morgan fingerprint density at radius 1 is 1.26 bits per heavy atom. The van der Waals surface area contributed by atoms with Gasteiger partial charge in [-0.1, -0.05) is 12.8 Å². The van der Waals surface area contributed by atoms with Crippen molar-refractivity contribution in [2.45, 2.75) is 38.5 Å². The predicted molar refractivity (Wildman–Crippen MR) is 99.6 cm³/mol. The lowest BCUT2D eigenvalue weighted by Crippen LogP contribution is -2.33. The minimum atomic E-state index is 0. The molecule has 1 aliphatic rings. The van der Waals surface area contributed by atoms with E-state index < -0.39 is 0 Å². The Morgan fingerprint density at radius 3 is 2.61 bits per heavy atom. The Bertz CT molecular complexity index is 466. The molecular weight excluding hydrogens is 357 g/mol. The molecule has 0 aliphatic heterocycles. The number of halogens is 2. The number of aromatic nitrogens is 1. The van der Waals surface area contributed by atoms with Crippen LogP contribution in [-0.2, 0) is 4.74 Å². The lowest BCUT2D eigenvalue weighted by molar-refractivity contribution is 0.0957. The molecule has 0 atom stereocenters. The Balaban J connectivity index is 0.00000242. The van der Waals surface area contributed by atoms with Crippen molar-refractivity contribution >= 4 is 42.1 Å². The molecule has 0 spiro atoms. The highest BCUT2D eigenvalue weighted by atomic mass is 35.5. The van der Waals surface area contributed by atoms with E-state index in [1.165, 1.54) is 25.7 Å². The van der Waals surface area contributed by atoms with Gasteiger partial charge in [-0.3, -0.25) is 4.79 Å². The Hall–Kier alpha value is -0.400. The van der Waals surface area contributed by atoms with Crippen molar-refractivity contribution in [3.05, 3.63) is 15.6 Å². The highest BCUT2D eigenvalue weighted by Crippen LogP contribution is 2.36. The van der Waals surface area contributed by atoms with E-state index in [-0.39, 0.29) is 30.7 Å². The molecule has 0 aromatic carbocycles.